The average molecular weight is 362 g/mol. The summed E-state index contributed by atoms with van der Waals surface area (Å²) in [5, 5.41) is 24.0. The molecule has 0 aliphatic heterocycles. The van der Waals surface area contributed by atoms with Crippen LogP contribution in [0.4, 0.5) is 0 Å². The predicted octanol–water partition coefficient (Wildman–Crippen LogP) is -9.81. The van der Waals surface area contributed by atoms with Gasteiger partial charge in [-0.1, -0.05) is 0 Å². The average Bonchev–Trinajstić information content (AvgIpc) is 2.12. The molecule has 0 unspecified atom stereocenters. The summed E-state index contributed by atoms with van der Waals surface area (Å²) in [4.78, 5) is 0. The topological polar surface area (TPSA) is 194 Å². The van der Waals surface area contributed by atoms with Crippen LogP contribution in [0.5, 0.6) is 0 Å². The number of aliphatic hydroxyl groups is 3. The van der Waals surface area contributed by atoms with Crippen molar-refractivity contribution >= 4 is 20.8 Å². The Bertz CT molecular complexity index is 326. The van der Waals surface area contributed by atoms with E-state index >= 15 is 0 Å². The molecule has 0 rings (SSSR count). The molecule has 0 fully saturated rings. The summed E-state index contributed by atoms with van der Waals surface area (Å²) in [5.41, 5.74) is 0. The molecule has 0 heterocycles. The zero-order valence-corrected chi connectivity index (χ0v) is 17.3. The molecule has 0 radical (unpaired) electrons. The van der Waals surface area contributed by atoms with Gasteiger partial charge in [0, 0.05) is 0 Å². The van der Waals surface area contributed by atoms with E-state index in [1.807, 2.05) is 0 Å². The molecular weight excluding hydrogens is 354 g/mol. The van der Waals surface area contributed by atoms with Crippen molar-refractivity contribution in [2.75, 3.05) is 13.2 Å². The van der Waals surface area contributed by atoms with E-state index in [0.29, 0.717) is 0 Å². The van der Waals surface area contributed by atoms with E-state index in [0.717, 1.165) is 0 Å². The van der Waals surface area contributed by atoms with Crippen LogP contribution in [0.15, 0.2) is 0 Å². The quantitative estimate of drug-likeness (QED) is 0.138. The summed E-state index contributed by atoms with van der Waals surface area (Å²) in [7, 11) is -10.6. The Morgan fingerprint density at radius 3 is 1.17 bits per heavy atom. The van der Waals surface area contributed by atoms with Crippen molar-refractivity contribution in [1.29, 1.82) is 0 Å². The third kappa shape index (κ3) is 31.3. The molecule has 0 aromatic carbocycles. The first-order valence-corrected chi connectivity index (χ1v) is 5.87. The maximum absolute atomic E-state index is 9.37. The van der Waals surface area contributed by atoms with Gasteiger partial charge in [-0.15, -0.1) is 8.67 Å². The smallest absolute Gasteiger partial charge is 0.724 e. The number of hydrogen-bond acceptors (Lipinski definition) is 11. The van der Waals surface area contributed by atoms with Crippen LogP contribution >= 0.6 is 0 Å². The molecule has 15 heteroatoms. The molecule has 0 aliphatic rings. The zero-order valence-electron chi connectivity index (χ0n) is 9.42. The fourth-order valence-electron chi connectivity index (χ4n) is 0.126. The zero-order chi connectivity index (χ0) is 13.4. The van der Waals surface area contributed by atoms with E-state index in [1.54, 1.807) is 0 Å². The molecule has 0 bridgehead atoms. The largest absolute Gasteiger partial charge is 1.00 e. The summed E-state index contributed by atoms with van der Waals surface area (Å²) in [6, 6.07) is 0. The number of rotatable bonds is 5. The second kappa shape index (κ2) is 14.8. The van der Waals surface area contributed by atoms with E-state index < -0.39 is 26.9 Å². The van der Waals surface area contributed by atoms with Gasteiger partial charge in [0.15, 0.2) is 0 Å². The predicted molar refractivity (Wildman–Crippen MR) is 41.7 cm³/mol. The van der Waals surface area contributed by atoms with Gasteiger partial charge in [0.25, 0.3) is 0 Å². The van der Waals surface area contributed by atoms with Crippen molar-refractivity contribution in [2.45, 2.75) is 6.10 Å². The van der Waals surface area contributed by atoms with Crippen LogP contribution in [0.3, 0.4) is 0 Å². The van der Waals surface area contributed by atoms with E-state index in [1.165, 1.54) is 0 Å². The van der Waals surface area contributed by atoms with Crippen LogP contribution in [-0.4, -0.2) is 60.6 Å². The minimum absolute atomic E-state index is 0. The summed E-state index contributed by atoms with van der Waals surface area (Å²) in [6.07, 6.45) is -0.954. The van der Waals surface area contributed by atoms with Crippen molar-refractivity contribution in [3.63, 3.8) is 0 Å². The minimum Gasteiger partial charge on any atom is -0.724 e. The second-order valence-electron chi connectivity index (χ2n) is 1.97. The van der Waals surface area contributed by atoms with Gasteiger partial charge in [-0.25, -0.2) is 16.8 Å². The van der Waals surface area contributed by atoms with Gasteiger partial charge in [-0.2, -0.15) is 0 Å². The van der Waals surface area contributed by atoms with Crippen LogP contribution in [0.1, 0.15) is 0 Å². The van der Waals surface area contributed by atoms with Crippen LogP contribution in [0.25, 0.3) is 0 Å². The Labute approximate surface area is 189 Å². The molecule has 0 amide bonds. The second-order valence-corrected chi connectivity index (χ2v) is 3.88. The van der Waals surface area contributed by atoms with Crippen molar-refractivity contribution < 1.29 is 153 Å². The fourth-order valence-corrected chi connectivity index (χ4v) is 0.670. The molecule has 0 aliphatic carbocycles. The van der Waals surface area contributed by atoms with Gasteiger partial charge in [0.2, 0.25) is 20.8 Å². The van der Waals surface area contributed by atoms with Gasteiger partial charge < -0.3 is 24.4 Å². The van der Waals surface area contributed by atoms with Crippen LogP contribution in [-0.2, 0) is 29.5 Å². The Hall–Kier alpha value is 2.89. The maximum Gasteiger partial charge on any atom is 1.00 e. The number of hydrogen-bond donors (Lipinski definition) is 3. The molecule has 100 valence electrons. The molecule has 0 saturated carbocycles. The molecule has 0 atom stereocenters. The molecule has 0 spiro atoms. The summed E-state index contributed by atoms with van der Waals surface area (Å²) in [6.45, 7) is -0.729. The van der Waals surface area contributed by atoms with Crippen LogP contribution in [0.2, 0.25) is 0 Å². The van der Waals surface area contributed by atoms with Crippen LogP contribution in [0, 0.1) is 0 Å². The standard InChI is InChI=1S/C3H8O3.2K.H2O8S2/c4-1-3(6)2-5;;;1-9(2,3)7-8-10(4,5)6/h3-6H,1-2H2;;;(H,1,2,3)(H,4,5,6)/q;2*+1;/p-2. The minimum atomic E-state index is -5.31. The Morgan fingerprint density at radius 2 is 1.11 bits per heavy atom. The molecule has 0 saturated heterocycles. The van der Waals surface area contributed by atoms with E-state index in [9.17, 15) is 25.9 Å². The first kappa shape index (κ1) is 29.0. The van der Waals surface area contributed by atoms with Crippen molar-refractivity contribution in [2.24, 2.45) is 0 Å². The maximum atomic E-state index is 9.37. The normalized spacial score (nSPS) is 10.8. The molecular formula is C3H8K2O11S2. The summed E-state index contributed by atoms with van der Waals surface area (Å²) < 4.78 is 61.5. The Kier molecular flexibility index (Phi) is 23.8. The summed E-state index contributed by atoms with van der Waals surface area (Å²) in [5.74, 6) is 0. The van der Waals surface area contributed by atoms with Gasteiger partial charge in [0.05, 0.1) is 13.2 Å². The molecule has 3 N–H and O–H groups in total. The van der Waals surface area contributed by atoms with Crippen molar-refractivity contribution in [3.05, 3.63) is 0 Å². The van der Waals surface area contributed by atoms with Gasteiger partial charge in [-0.05, 0) is 0 Å². The first-order chi connectivity index (χ1) is 7.02. The summed E-state index contributed by atoms with van der Waals surface area (Å²) >= 11 is 0. The monoisotopic (exact) mass is 362 g/mol. The van der Waals surface area contributed by atoms with Gasteiger partial charge >= 0.3 is 103 Å². The first-order valence-electron chi connectivity index (χ1n) is 3.21. The SMILES string of the molecule is O=S(=O)([O-])OOS(=O)(=O)[O-].OCC(O)CO.[K+].[K+]. The van der Waals surface area contributed by atoms with E-state index in [-0.39, 0.29) is 116 Å². The third-order valence-electron chi connectivity index (χ3n) is 0.616. The Balaban J connectivity index is -0.000000108. The van der Waals surface area contributed by atoms with Crippen LogP contribution < -0.4 is 103 Å². The van der Waals surface area contributed by atoms with Crippen molar-refractivity contribution in [1.82, 2.24) is 0 Å². The number of aliphatic hydroxyl groups excluding tert-OH is 3. The van der Waals surface area contributed by atoms with Crippen molar-refractivity contribution in [3.8, 4) is 0 Å². The van der Waals surface area contributed by atoms with E-state index in [4.69, 9.17) is 15.3 Å². The molecule has 11 nitrogen and oxygen atoms in total. The molecule has 0 aromatic rings. The molecule has 18 heavy (non-hydrogen) atoms. The van der Waals surface area contributed by atoms with Gasteiger partial charge in [-0.3, -0.25) is 0 Å². The molecule has 0 aromatic heterocycles. The van der Waals surface area contributed by atoms with Gasteiger partial charge in [0.1, 0.15) is 6.10 Å². The van der Waals surface area contributed by atoms with E-state index in [2.05, 4.69) is 8.67 Å². The fraction of sp³-hybridized carbons (Fsp3) is 1.00. The Morgan fingerprint density at radius 1 is 0.889 bits per heavy atom. The third-order valence-corrected chi connectivity index (χ3v) is 1.17.